The van der Waals surface area contributed by atoms with Gasteiger partial charge in [-0.15, -0.1) is 0 Å². The Kier molecular flexibility index (Phi) is 9.50. The number of unbranched alkanes of at least 4 members (excludes halogenated alkanes) is 3. The van der Waals surface area contributed by atoms with Gasteiger partial charge in [0, 0.05) is 0 Å². The van der Waals surface area contributed by atoms with E-state index in [4.69, 9.17) is 4.43 Å². The van der Waals surface area contributed by atoms with Gasteiger partial charge in [-0.1, -0.05) is 83.9 Å². The Labute approximate surface area is 145 Å². The largest absolute Gasteiger partial charge is 0.406 e. The van der Waals surface area contributed by atoms with Gasteiger partial charge in [-0.05, 0) is 42.1 Å². The molecule has 0 saturated heterocycles. The third-order valence-electron chi connectivity index (χ3n) is 5.13. The minimum Gasteiger partial charge on any atom is -0.406 e. The summed E-state index contributed by atoms with van der Waals surface area (Å²) >= 11 is 0. The van der Waals surface area contributed by atoms with Crippen molar-refractivity contribution in [1.82, 2.24) is 0 Å². The van der Waals surface area contributed by atoms with Crippen LogP contribution in [0.3, 0.4) is 0 Å². The molecule has 0 amide bonds. The number of benzene rings is 1. The van der Waals surface area contributed by atoms with Gasteiger partial charge in [0.15, 0.2) is 8.32 Å². The maximum absolute atomic E-state index is 6.83. The molecule has 130 valence electrons. The van der Waals surface area contributed by atoms with E-state index in [0.717, 1.165) is 6.42 Å². The van der Waals surface area contributed by atoms with Gasteiger partial charge in [0.25, 0.3) is 0 Å². The molecule has 1 aromatic carbocycles. The van der Waals surface area contributed by atoms with Gasteiger partial charge in [-0.25, -0.2) is 0 Å². The second-order valence-corrected chi connectivity index (χ2v) is 11.3. The smallest absolute Gasteiger partial charge is 0.193 e. The molecular formula is C21H36OSi. The highest BCUT2D eigenvalue weighted by Gasteiger charge is 2.33. The van der Waals surface area contributed by atoms with E-state index in [1.165, 1.54) is 55.0 Å². The molecule has 0 saturated carbocycles. The molecule has 0 heterocycles. The molecule has 0 aliphatic rings. The standard InChI is InChI=1S/C21H36OSi/c1-6-10-11-13-16-19(5)21(20-17-14-12-15-18-20)22-23(7-2,8-3)9-4/h12,14-15,17-18,21H,5-11,13,16H2,1-4H3. The first kappa shape index (κ1) is 20.2. The molecule has 0 bridgehead atoms. The quantitative estimate of drug-likeness (QED) is 0.222. The lowest BCUT2D eigenvalue weighted by Crippen LogP contribution is -2.37. The van der Waals surface area contributed by atoms with E-state index in [2.05, 4.69) is 64.6 Å². The average molecular weight is 333 g/mol. The monoisotopic (exact) mass is 332 g/mol. The van der Waals surface area contributed by atoms with Gasteiger partial charge in [0.2, 0.25) is 0 Å². The van der Waals surface area contributed by atoms with E-state index >= 15 is 0 Å². The molecule has 0 radical (unpaired) electrons. The Balaban J connectivity index is 2.87. The van der Waals surface area contributed by atoms with E-state index in [0.29, 0.717) is 0 Å². The van der Waals surface area contributed by atoms with Crippen molar-refractivity contribution >= 4 is 8.32 Å². The summed E-state index contributed by atoms with van der Waals surface area (Å²) in [5.41, 5.74) is 2.54. The lowest BCUT2D eigenvalue weighted by Gasteiger charge is -2.34. The van der Waals surface area contributed by atoms with E-state index in [9.17, 15) is 0 Å². The van der Waals surface area contributed by atoms with Crippen LogP contribution in [0.25, 0.3) is 0 Å². The molecule has 0 aliphatic heterocycles. The van der Waals surface area contributed by atoms with Crippen molar-refractivity contribution in [2.75, 3.05) is 0 Å². The molecule has 23 heavy (non-hydrogen) atoms. The molecule has 1 atom stereocenters. The van der Waals surface area contributed by atoms with Gasteiger partial charge < -0.3 is 4.43 Å². The van der Waals surface area contributed by atoms with E-state index in [1.807, 2.05) is 0 Å². The summed E-state index contributed by atoms with van der Waals surface area (Å²) in [5, 5.41) is 0. The topological polar surface area (TPSA) is 9.23 Å². The van der Waals surface area contributed by atoms with Gasteiger partial charge in [-0.2, -0.15) is 0 Å². The van der Waals surface area contributed by atoms with Crippen LogP contribution in [0.15, 0.2) is 42.5 Å². The zero-order chi connectivity index (χ0) is 17.1. The maximum Gasteiger partial charge on any atom is 0.193 e. The predicted octanol–water partition coefficient (Wildman–Crippen LogP) is 7.28. The molecular weight excluding hydrogens is 296 g/mol. The first-order valence-electron chi connectivity index (χ1n) is 9.52. The Hall–Kier alpha value is -0.863. The van der Waals surface area contributed by atoms with Crippen molar-refractivity contribution in [3.05, 3.63) is 48.0 Å². The van der Waals surface area contributed by atoms with Crippen molar-refractivity contribution in [1.29, 1.82) is 0 Å². The lowest BCUT2D eigenvalue weighted by molar-refractivity contribution is 0.221. The summed E-state index contributed by atoms with van der Waals surface area (Å²) in [6.07, 6.45) is 6.31. The Bertz CT molecular complexity index is 428. The second kappa shape index (κ2) is 10.8. The fourth-order valence-corrected chi connectivity index (χ4v) is 5.98. The Morgan fingerprint density at radius 1 is 0.957 bits per heavy atom. The molecule has 2 heteroatoms. The zero-order valence-electron chi connectivity index (χ0n) is 15.7. The third kappa shape index (κ3) is 6.27. The number of hydrogen-bond acceptors (Lipinski definition) is 1. The summed E-state index contributed by atoms with van der Waals surface area (Å²) in [7, 11) is -1.64. The van der Waals surface area contributed by atoms with Crippen LogP contribution >= 0.6 is 0 Å². The summed E-state index contributed by atoms with van der Waals surface area (Å²) in [6.45, 7) is 13.6. The van der Waals surface area contributed by atoms with Crippen molar-refractivity contribution in [2.45, 2.75) is 84.0 Å². The van der Waals surface area contributed by atoms with Crippen LogP contribution in [0.4, 0.5) is 0 Å². The van der Waals surface area contributed by atoms with Gasteiger partial charge in [-0.3, -0.25) is 0 Å². The van der Waals surface area contributed by atoms with E-state index < -0.39 is 8.32 Å². The molecule has 1 nitrogen and oxygen atoms in total. The Morgan fingerprint density at radius 2 is 1.57 bits per heavy atom. The fourth-order valence-electron chi connectivity index (χ4n) is 3.17. The second-order valence-electron chi connectivity index (χ2n) is 6.62. The molecule has 0 aliphatic carbocycles. The normalized spacial score (nSPS) is 13.0. The summed E-state index contributed by atoms with van der Waals surface area (Å²) in [5.74, 6) is 0. The van der Waals surface area contributed by atoms with Gasteiger partial charge >= 0.3 is 0 Å². The molecule has 1 aromatic rings. The van der Waals surface area contributed by atoms with Crippen molar-refractivity contribution in [3.63, 3.8) is 0 Å². The van der Waals surface area contributed by atoms with Crippen LogP contribution < -0.4 is 0 Å². The zero-order valence-corrected chi connectivity index (χ0v) is 16.7. The SMILES string of the molecule is C=C(CCCCCC)C(O[Si](CC)(CC)CC)c1ccccc1. The number of rotatable bonds is 12. The van der Waals surface area contributed by atoms with Crippen molar-refractivity contribution in [3.8, 4) is 0 Å². The van der Waals surface area contributed by atoms with Crippen LogP contribution in [0.5, 0.6) is 0 Å². The summed E-state index contributed by atoms with van der Waals surface area (Å²) in [4.78, 5) is 0. The minimum absolute atomic E-state index is 0.0874. The molecule has 1 rings (SSSR count). The number of hydrogen-bond donors (Lipinski definition) is 0. The van der Waals surface area contributed by atoms with Crippen LogP contribution in [-0.4, -0.2) is 8.32 Å². The summed E-state index contributed by atoms with van der Waals surface area (Å²) in [6, 6.07) is 14.3. The molecule has 0 aromatic heterocycles. The minimum atomic E-state index is -1.64. The van der Waals surface area contributed by atoms with E-state index in [1.54, 1.807) is 0 Å². The summed E-state index contributed by atoms with van der Waals surface area (Å²) < 4.78 is 6.83. The molecule has 0 fully saturated rings. The molecule has 0 N–H and O–H groups in total. The van der Waals surface area contributed by atoms with Crippen LogP contribution in [0.1, 0.15) is 71.5 Å². The van der Waals surface area contributed by atoms with Gasteiger partial charge in [0.05, 0.1) is 6.10 Å². The maximum atomic E-state index is 6.83. The van der Waals surface area contributed by atoms with Crippen LogP contribution in [0, 0.1) is 0 Å². The van der Waals surface area contributed by atoms with Crippen LogP contribution in [-0.2, 0) is 4.43 Å². The van der Waals surface area contributed by atoms with Gasteiger partial charge in [0.1, 0.15) is 0 Å². The average Bonchev–Trinajstić information content (AvgIpc) is 2.61. The predicted molar refractivity (Wildman–Crippen MR) is 105 cm³/mol. The van der Waals surface area contributed by atoms with Crippen molar-refractivity contribution in [2.24, 2.45) is 0 Å². The van der Waals surface area contributed by atoms with Crippen molar-refractivity contribution < 1.29 is 4.43 Å². The highest BCUT2D eigenvalue weighted by Crippen LogP contribution is 2.35. The highest BCUT2D eigenvalue weighted by molar-refractivity contribution is 6.73. The molecule has 0 spiro atoms. The molecule has 1 unspecified atom stereocenters. The van der Waals surface area contributed by atoms with E-state index in [-0.39, 0.29) is 6.10 Å². The first-order chi connectivity index (χ1) is 11.1. The third-order valence-corrected chi connectivity index (χ3v) is 9.73. The Morgan fingerprint density at radius 3 is 2.09 bits per heavy atom. The lowest BCUT2D eigenvalue weighted by atomic mass is 9.98. The first-order valence-corrected chi connectivity index (χ1v) is 12.1. The van der Waals surface area contributed by atoms with Crippen LogP contribution in [0.2, 0.25) is 18.1 Å². The fraction of sp³-hybridized carbons (Fsp3) is 0.619. The highest BCUT2D eigenvalue weighted by atomic mass is 28.4.